The van der Waals surface area contributed by atoms with Crippen LogP contribution in [0.15, 0.2) is 72.8 Å². The molecule has 1 heterocycles. The third-order valence-electron chi connectivity index (χ3n) is 6.38. The van der Waals surface area contributed by atoms with E-state index < -0.39 is 0 Å². The standard InChI is InChI=1S/C28H25Cl2N7O2/c29-24-15-12-22(16-25(24)30)31-28(39)37(23-13-10-20(11-14-23)19-4-2-1-3-5-19)17-18-6-8-21(9-7-18)26(38)32-27-33-35-36-34-27/h4,6-16H,1-3,5,17H2,(H,31,39)(H2,32,33,34,35,36,38). The Hall–Kier alpha value is -4.21. The Morgan fingerprint density at radius 2 is 1.72 bits per heavy atom. The maximum atomic E-state index is 13.5. The second-order valence-corrected chi connectivity index (χ2v) is 9.87. The highest BCUT2D eigenvalue weighted by molar-refractivity contribution is 6.42. The maximum absolute atomic E-state index is 13.5. The summed E-state index contributed by atoms with van der Waals surface area (Å²) in [6.07, 6.45) is 6.87. The predicted molar refractivity (Wildman–Crippen MR) is 153 cm³/mol. The van der Waals surface area contributed by atoms with Gasteiger partial charge in [-0.05, 0) is 90.1 Å². The van der Waals surface area contributed by atoms with Gasteiger partial charge in [0.2, 0.25) is 0 Å². The lowest BCUT2D eigenvalue weighted by Crippen LogP contribution is -2.34. The first-order valence-corrected chi connectivity index (χ1v) is 13.2. The number of anilines is 3. The van der Waals surface area contributed by atoms with Crippen LogP contribution in [0.25, 0.3) is 5.57 Å². The van der Waals surface area contributed by atoms with Gasteiger partial charge in [-0.15, -0.1) is 5.10 Å². The number of aromatic amines is 1. The van der Waals surface area contributed by atoms with Gasteiger partial charge in [0.1, 0.15) is 0 Å². The Kier molecular flexibility index (Phi) is 8.19. The number of carbonyl (C=O) groups is 2. The number of benzene rings is 3. The zero-order valence-corrected chi connectivity index (χ0v) is 22.3. The lowest BCUT2D eigenvalue weighted by atomic mass is 9.93. The third kappa shape index (κ3) is 6.63. The minimum atomic E-state index is -0.371. The number of nitrogens with one attached hydrogen (secondary N) is 3. The Bertz CT molecular complexity index is 1490. The van der Waals surface area contributed by atoms with Crippen LogP contribution in [0, 0.1) is 0 Å². The summed E-state index contributed by atoms with van der Waals surface area (Å²) in [6, 6.07) is 19.6. The molecule has 0 spiro atoms. The maximum Gasteiger partial charge on any atom is 0.326 e. The molecule has 5 rings (SSSR count). The van der Waals surface area contributed by atoms with E-state index in [-0.39, 0.29) is 24.4 Å². The van der Waals surface area contributed by atoms with Gasteiger partial charge in [0, 0.05) is 16.9 Å². The highest BCUT2D eigenvalue weighted by atomic mass is 35.5. The average Bonchev–Trinajstić information content (AvgIpc) is 3.48. The number of allylic oxidation sites excluding steroid dienone is 2. The van der Waals surface area contributed by atoms with Crippen molar-refractivity contribution in [3.63, 3.8) is 0 Å². The number of urea groups is 1. The van der Waals surface area contributed by atoms with E-state index in [1.807, 2.05) is 12.1 Å². The molecule has 0 radical (unpaired) electrons. The zero-order chi connectivity index (χ0) is 27.2. The number of halogens is 2. The quantitative estimate of drug-likeness (QED) is 0.225. The molecule has 3 aromatic carbocycles. The average molecular weight is 562 g/mol. The van der Waals surface area contributed by atoms with Crippen LogP contribution in [0.5, 0.6) is 0 Å². The van der Waals surface area contributed by atoms with Crippen LogP contribution in [-0.4, -0.2) is 32.6 Å². The molecule has 3 amide bonds. The van der Waals surface area contributed by atoms with Crippen LogP contribution in [0.3, 0.4) is 0 Å². The minimum Gasteiger partial charge on any atom is -0.307 e. The highest BCUT2D eigenvalue weighted by Crippen LogP contribution is 2.30. The van der Waals surface area contributed by atoms with Gasteiger partial charge in [0.15, 0.2) is 0 Å². The van der Waals surface area contributed by atoms with Crippen molar-refractivity contribution in [3.05, 3.63) is 99.5 Å². The first-order chi connectivity index (χ1) is 19.0. The van der Waals surface area contributed by atoms with Crippen molar-refractivity contribution >= 4 is 58.0 Å². The van der Waals surface area contributed by atoms with Crippen molar-refractivity contribution in [1.82, 2.24) is 20.6 Å². The molecule has 39 heavy (non-hydrogen) atoms. The van der Waals surface area contributed by atoms with E-state index in [2.05, 4.69) is 49.5 Å². The molecule has 0 saturated heterocycles. The molecule has 0 aliphatic heterocycles. The van der Waals surface area contributed by atoms with Gasteiger partial charge in [-0.3, -0.25) is 15.0 Å². The van der Waals surface area contributed by atoms with Gasteiger partial charge in [-0.1, -0.05) is 58.6 Å². The first kappa shape index (κ1) is 26.4. The number of H-pyrrole nitrogens is 1. The fraction of sp³-hybridized carbons (Fsp3) is 0.179. The van der Waals surface area contributed by atoms with E-state index in [0.29, 0.717) is 21.3 Å². The Morgan fingerprint density at radius 3 is 2.38 bits per heavy atom. The van der Waals surface area contributed by atoms with Crippen LogP contribution in [0.4, 0.5) is 22.1 Å². The van der Waals surface area contributed by atoms with Crippen molar-refractivity contribution in [1.29, 1.82) is 0 Å². The summed E-state index contributed by atoms with van der Waals surface area (Å²) in [6.45, 7) is 0.266. The fourth-order valence-corrected chi connectivity index (χ4v) is 4.63. The topological polar surface area (TPSA) is 116 Å². The first-order valence-electron chi connectivity index (χ1n) is 12.4. The summed E-state index contributed by atoms with van der Waals surface area (Å²) in [5.74, 6) is -0.286. The summed E-state index contributed by atoms with van der Waals surface area (Å²) >= 11 is 12.2. The summed E-state index contributed by atoms with van der Waals surface area (Å²) in [5, 5.41) is 19.4. The van der Waals surface area contributed by atoms with Crippen molar-refractivity contribution in [2.45, 2.75) is 32.2 Å². The van der Waals surface area contributed by atoms with E-state index in [9.17, 15) is 9.59 Å². The molecule has 0 atom stereocenters. The van der Waals surface area contributed by atoms with Crippen molar-refractivity contribution in [3.8, 4) is 0 Å². The minimum absolute atomic E-state index is 0.0849. The number of carbonyl (C=O) groups excluding carboxylic acids is 2. The molecule has 0 unspecified atom stereocenters. The van der Waals surface area contributed by atoms with E-state index in [1.165, 1.54) is 24.0 Å². The molecule has 11 heteroatoms. The summed E-state index contributed by atoms with van der Waals surface area (Å²) in [7, 11) is 0. The number of hydrogen-bond donors (Lipinski definition) is 3. The summed E-state index contributed by atoms with van der Waals surface area (Å²) < 4.78 is 0. The lowest BCUT2D eigenvalue weighted by molar-refractivity contribution is 0.102. The van der Waals surface area contributed by atoms with Gasteiger partial charge < -0.3 is 5.32 Å². The number of tetrazole rings is 1. The predicted octanol–water partition coefficient (Wildman–Crippen LogP) is 6.95. The summed E-state index contributed by atoms with van der Waals surface area (Å²) in [5.41, 5.74) is 5.01. The van der Waals surface area contributed by atoms with Crippen LogP contribution < -0.4 is 15.5 Å². The Balaban J connectivity index is 1.37. The second-order valence-electron chi connectivity index (χ2n) is 9.05. The molecule has 1 aliphatic carbocycles. The zero-order valence-electron chi connectivity index (χ0n) is 20.8. The van der Waals surface area contributed by atoms with Gasteiger partial charge in [-0.25, -0.2) is 4.79 Å². The smallest absolute Gasteiger partial charge is 0.307 e. The molecular weight excluding hydrogens is 537 g/mol. The largest absolute Gasteiger partial charge is 0.326 e. The van der Waals surface area contributed by atoms with E-state index >= 15 is 0 Å². The number of rotatable bonds is 7. The van der Waals surface area contributed by atoms with E-state index in [1.54, 1.807) is 47.4 Å². The van der Waals surface area contributed by atoms with Crippen LogP contribution in [-0.2, 0) is 6.54 Å². The highest BCUT2D eigenvalue weighted by Gasteiger charge is 2.18. The van der Waals surface area contributed by atoms with Crippen molar-refractivity contribution < 1.29 is 9.59 Å². The fourth-order valence-electron chi connectivity index (χ4n) is 4.33. The molecule has 3 N–H and O–H groups in total. The van der Waals surface area contributed by atoms with Crippen LogP contribution in [0.2, 0.25) is 10.0 Å². The summed E-state index contributed by atoms with van der Waals surface area (Å²) in [4.78, 5) is 27.6. The molecule has 9 nitrogen and oxygen atoms in total. The SMILES string of the molecule is O=C(Nc1nn[nH]n1)c1ccc(CN(C(=O)Nc2ccc(Cl)c(Cl)c2)c2ccc(C3=CCCCC3)cc2)cc1. The molecule has 4 aromatic rings. The molecule has 198 valence electrons. The Labute approximate surface area is 235 Å². The van der Waals surface area contributed by atoms with Gasteiger partial charge in [0.25, 0.3) is 11.9 Å². The third-order valence-corrected chi connectivity index (χ3v) is 7.12. The van der Waals surface area contributed by atoms with Gasteiger partial charge in [0.05, 0.1) is 16.6 Å². The molecule has 1 aromatic heterocycles. The van der Waals surface area contributed by atoms with Gasteiger partial charge in [-0.2, -0.15) is 5.21 Å². The molecular formula is C28H25Cl2N7O2. The molecule has 0 saturated carbocycles. The Morgan fingerprint density at radius 1 is 0.923 bits per heavy atom. The number of aromatic nitrogens is 4. The van der Waals surface area contributed by atoms with Crippen LogP contribution in [0.1, 0.15) is 47.2 Å². The number of nitrogens with zero attached hydrogens (tertiary/aromatic N) is 4. The molecule has 1 aliphatic rings. The lowest BCUT2D eigenvalue weighted by Gasteiger charge is -2.24. The van der Waals surface area contributed by atoms with E-state index in [4.69, 9.17) is 23.2 Å². The molecule has 0 fully saturated rings. The number of amides is 3. The molecule has 0 bridgehead atoms. The van der Waals surface area contributed by atoms with Crippen LogP contribution >= 0.6 is 23.2 Å². The van der Waals surface area contributed by atoms with Crippen molar-refractivity contribution in [2.75, 3.05) is 15.5 Å². The van der Waals surface area contributed by atoms with E-state index in [0.717, 1.165) is 24.1 Å². The van der Waals surface area contributed by atoms with Gasteiger partial charge >= 0.3 is 6.03 Å². The normalized spacial score (nSPS) is 12.9. The van der Waals surface area contributed by atoms with Crippen molar-refractivity contribution in [2.24, 2.45) is 0 Å². The monoisotopic (exact) mass is 561 g/mol. The number of hydrogen-bond acceptors (Lipinski definition) is 5. The second kappa shape index (κ2) is 12.1.